The molecule has 24 heavy (non-hydrogen) atoms. The van der Waals surface area contributed by atoms with Crippen LogP contribution in [0.15, 0.2) is 35.2 Å². The van der Waals surface area contributed by atoms with Gasteiger partial charge in [-0.25, -0.2) is 8.42 Å². The smallest absolute Gasteiger partial charge is 0.243 e. The summed E-state index contributed by atoms with van der Waals surface area (Å²) in [5.74, 6) is 0. The number of rotatable bonds is 6. The van der Waals surface area contributed by atoms with Crippen molar-refractivity contribution in [1.29, 1.82) is 0 Å². The number of sulfonamides is 1. The van der Waals surface area contributed by atoms with E-state index < -0.39 is 10.0 Å². The molecule has 0 radical (unpaired) electrons. The number of piperazine rings is 1. The van der Waals surface area contributed by atoms with Gasteiger partial charge in [0.15, 0.2) is 5.11 Å². The molecule has 6 nitrogen and oxygen atoms in total. The number of hydrogen-bond donors (Lipinski definition) is 2. The molecule has 1 aliphatic heterocycles. The number of hydrogen-bond acceptors (Lipinski definition) is 3. The number of nitrogens with one attached hydrogen (secondary N) is 2. The molecule has 0 saturated carbocycles. The van der Waals surface area contributed by atoms with Crippen molar-refractivity contribution in [2.75, 3.05) is 53.4 Å². The lowest BCUT2D eigenvalue weighted by molar-refractivity contribution is -0.858. The first-order valence-corrected chi connectivity index (χ1v) is 10.1. The fourth-order valence-corrected chi connectivity index (χ4v) is 4.35. The van der Waals surface area contributed by atoms with Crippen molar-refractivity contribution in [3.63, 3.8) is 0 Å². The Morgan fingerprint density at radius 1 is 1.17 bits per heavy atom. The molecule has 0 bridgehead atoms. The Labute approximate surface area is 150 Å². The Kier molecular flexibility index (Phi) is 6.97. The summed E-state index contributed by atoms with van der Waals surface area (Å²) in [6, 6.07) is 8.59. The zero-order valence-corrected chi connectivity index (χ0v) is 16.0. The van der Waals surface area contributed by atoms with Crippen LogP contribution >= 0.6 is 12.2 Å². The van der Waals surface area contributed by atoms with Gasteiger partial charge in [0.25, 0.3) is 0 Å². The van der Waals surface area contributed by atoms with Crippen molar-refractivity contribution >= 4 is 27.4 Å². The van der Waals surface area contributed by atoms with E-state index in [0.717, 1.165) is 24.6 Å². The second-order valence-corrected chi connectivity index (χ2v) is 8.57. The fourth-order valence-electron chi connectivity index (χ4n) is 2.62. The molecule has 134 valence electrons. The summed E-state index contributed by atoms with van der Waals surface area (Å²) in [6.07, 6.45) is 1.06. The number of quaternary nitrogens is 1. The quantitative estimate of drug-likeness (QED) is 0.517. The third-order valence-electron chi connectivity index (χ3n) is 4.04. The van der Waals surface area contributed by atoms with E-state index in [-0.39, 0.29) is 0 Å². The predicted molar refractivity (Wildman–Crippen MR) is 99.7 cm³/mol. The Hall–Kier alpha value is -1.22. The molecule has 0 unspecified atom stereocenters. The van der Waals surface area contributed by atoms with Gasteiger partial charge >= 0.3 is 0 Å². The van der Waals surface area contributed by atoms with Gasteiger partial charge in [-0.2, -0.15) is 4.31 Å². The first kappa shape index (κ1) is 19.1. The van der Waals surface area contributed by atoms with Crippen molar-refractivity contribution in [1.82, 2.24) is 14.5 Å². The van der Waals surface area contributed by atoms with Crippen LogP contribution in [-0.2, 0) is 10.0 Å². The Morgan fingerprint density at radius 3 is 2.38 bits per heavy atom. The van der Waals surface area contributed by atoms with Crippen LogP contribution in [0.4, 0.5) is 0 Å². The van der Waals surface area contributed by atoms with E-state index in [0.29, 0.717) is 31.1 Å². The van der Waals surface area contributed by atoms with Crippen LogP contribution in [0.25, 0.3) is 0 Å². The van der Waals surface area contributed by atoms with Gasteiger partial charge in [-0.1, -0.05) is 18.2 Å². The van der Waals surface area contributed by atoms with Gasteiger partial charge < -0.3 is 15.1 Å². The summed E-state index contributed by atoms with van der Waals surface area (Å²) in [7, 11) is 0.858. The Bertz CT molecular complexity index is 627. The van der Waals surface area contributed by atoms with E-state index in [1.165, 1.54) is 9.21 Å². The molecule has 1 saturated heterocycles. The van der Waals surface area contributed by atoms with Gasteiger partial charge in [-0.15, -0.1) is 0 Å². The van der Waals surface area contributed by atoms with Gasteiger partial charge in [-0.05, 0) is 24.4 Å². The molecule has 0 atom stereocenters. The Morgan fingerprint density at radius 2 is 1.79 bits per heavy atom. The summed E-state index contributed by atoms with van der Waals surface area (Å²) < 4.78 is 26.7. The lowest BCUT2D eigenvalue weighted by atomic mass is 10.4. The molecule has 2 N–H and O–H groups in total. The SMILES string of the molecule is C[NH+](C)CCCNC(=S)N1CCN(S(=O)(=O)c2ccccc2)CC1. The van der Waals surface area contributed by atoms with Crippen LogP contribution in [0, 0.1) is 0 Å². The number of benzene rings is 1. The maximum absolute atomic E-state index is 12.6. The molecule has 0 aliphatic carbocycles. The first-order chi connectivity index (χ1) is 11.4. The molecule has 1 aromatic rings. The van der Waals surface area contributed by atoms with Crippen molar-refractivity contribution in [2.45, 2.75) is 11.3 Å². The minimum absolute atomic E-state index is 0.352. The third-order valence-corrected chi connectivity index (χ3v) is 6.35. The average molecular weight is 372 g/mol. The molecule has 8 heteroatoms. The molecule has 0 spiro atoms. The highest BCUT2D eigenvalue weighted by Gasteiger charge is 2.28. The monoisotopic (exact) mass is 371 g/mol. The molecule has 0 aromatic heterocycles. The highest BCUT2D eigenvalue weighted by Crippen LogP contribution is 2.17. The highest BCUT2D eigenvalue weighted by molar-refractivity contribution is 7.89. The molecule has 2 rings (SSSR count). The van der Waals surface area contributed by atoms with Crippen LogP contribution in [0.3, 0.4) is 0 Å². The molecular formula is C16H27N4O2S2+. The highest BCUT2D eigenvalue weighted by atomic mass is 32.2. The fraction of sp³-hybridized carbons (Fsp3) is 0.562. The summed E-state index contributed by atoms with van der Waals surface area (Å²) in [5.41, 5.74) is 0. The lowest BCUT2D eigenvalue weighted by Crippen LogP contribution is -3.05. The summed E-state index contributed by atoms with van der Waals surface area (Å²) in [4.78, 5) is 3.82. The summed E-state index contributed by atoms with van der Waals surface area (Å²) in [6.45, 7) is 4.11. The average Bonchev–Trinajstić information content (AvgIpc) is 2.59. The largest absolute Gasteiger partial charge is 0.362 e. The van der Waals surface area contributed by atoms with E-state index in [1.54, 1.807) is 24.3 Å². The first-order valence-electron chi connectivity index (χ1n) is 8.28. The second-order valence-electron chi connectivity index (χ2n) is 6.25. The normalized spacial score (nSPS) is 16.4. The lowest BCUT2D eigenvalue weighted by Gasteiger charge is -2.35. The minimum Gasteiger partial charge on any atom is -0.362 e. The third kappa shape index (κ3) is 5.14. The van der Waals surface area contributed by atoms with Gasteiger partial charge in [-0.3, -0.25) is 0 Å². The summed E-state index contributed by atoms with van der Waals surface area (Å²) >= 11 is 5.42. The van der Waals surface area contributed by atoms with Crippen LogP contribution in [0.2, 0.25) is 0 Å². The van der Waals surface area contributed by atoms with Crippen LogP contribution in [0.1, 0.15) is 6.42 Å². The second kappa shape index (κ2) is 8.75. The van der Waals surface area contributed by atoms with Gasteiger partial charge in [0.1, 0.15) is 0 Å². The van der Waals surface area contributed by atoms with Gasteiger partial charge in [0.2, 0.25) is 10.0 Å². The molecule has 0 amide bonds. The van der Waals surface area contributed by atoms with Crippen molar-refractivity contribution < 1.29 is 13.3 Å². The predicted octanol–water partition coefficient (Wildman–Crippen LogP) is -0.598. The van der Waals surface area contributed by atoms with Crippen molar-refractivity contribution in [3.8, 4) is 0 Å². The van der Waals surface area contributed by atoms with Gasteiger partial charge in [0.05, 0.1) is 25.5 Å². The van der Waals surface area contributed by atoms with E-state index in [2.05, 4.69) is 24.3 Å². The van der Waals surface area contributed by atoms with Crippen molar-refractivity contribution in [3.05, 3.63) is 30.3 Å². The molecular weight excluding hydrogens is 344 g/mol. The van der Waals surface area contributed by atoms with Crippen molar-refractivity contribution in [2.24, 2.45) is 0 Å². The molecule has 1 aliphatic rings. The molecule has 1 aromatic carbocycles. The topological polar surface area (TPSA) is 57.1 Å². The standard InChI is InChI=1S/C16H26N4O2S2/c1-18(2)10-6-9-17-16(23)19-11-13-20(14-12-19)24(21,22)15-7-4-3-5-8-15/h3-5,7-8H,6,9-14H2,1-2H3,(H,17,23)/p+1. The maximum atomic E-state index is 12.6. The maximum Gasteiger partial charge on any atom is 0.243 e. The zero-order valence-electron chi connectivity index (χ0n) is 14.4. The van der Waals surface area contributed by atoms with E-state index >= 15 is 0 Å². The van der Waals surface area contributed by atoms with Crippen LogP contribution < -0.4 is 10.2 Å². The van der Waals surface area contributed by atoms with Crippen LogP contribution in [0.5, 0.6) is 0 Å². The zero-order chi connectivity index (χ0) is 17.6. The van der Waals surface area contributed by atoms with E-state index in [1.807, 2.05) is 6.07 Å². The van der Waals surface area contributed by atoms with E-state index in [4.69, 9.17) is 12.2 Å². The molecule has 1 fully saturated rings. The Balaban J connectivity index is 1.82. The van der Waals surface area contributed by atoms with Gasteiger partial charge in [0, 0.05) is 39.1 Å². The molecule has 1 heterocycles. The minimum atomic E-state index is -3.40. The number of nitrogens with zero attached hydrogens (tertiary/aromatic N) is 2. The summed E-state index contributed by atoms with van der Waals surface area (Å²) in [5, 5.41) is 3.99. The van der Waals surface area contributed by atoms with E-state index in [9.17, 15) is 8.42 Å². The number of thiocarbonyl (C=S) groups is 1. The van der Waals surface area contributed by atoms with Crippen LogP contribution in [-0.4, -0.2) is 76.1 Å².